The van der Waals surface area contributed by atoms with Gasteiger partial charge in [0.25, 0.3) is 0 Å². The summed E-state index contributed by atoms with van der Waals surface area (Å²) in [4.78, 5) is 21.7. The highest BCUT2D eigenvalue weighted by molar-refractivity contribution is 14.1. The second kappa shape index (κ2) is 18.2. The van der Waals surface area contributed by atoms with E-state index in [0.29, 0.717) is 22.2 Å². The Morgan fingerprint density at radius 3 is 1.31 bits per heavy atom. The molecule has 0 radical (unpaired) electrons. The van der Waals surface area contributed by atoms with Crippen molar-refractivity contribution in [3.05, 3.63) is 101 Å². The third kappa shape index (κ3) is 11.3. The predicted molar refractivity (Wildman–Crippen MR) is 214 cm³/mol. The summed E-state index contributed by atoms with van der Waals surface area (Å²) >= 11 is 9.99. The number of nitrogens with two attached hydrogens (primary N) is 2. The molecule has 0 saturated carbocycles. The van der Waals surface area contributed by atoms with Crippen molar-refractivity contribution in [2.24, 2.45) is 11.5 Å². The minimum Gasteiger partial charge on any atom is -0.504 e. The van der Waals surface area contributed by atoms with Crippen molar-refractivity contribution in [2.75, 3.05) is 0 Å². The molecule has 2 atom stereocenters. The molecule has 0 fully saturated rings. The molecule has 7 N–H and O–H groups in total. The van der Waals surface area contributed by atoms with E-state index in [2.05, 4.69) is 45.2 Å². The Morgan fingerprint density at radius 1 is 0.646 bits per heavy atom. The van der Waals surface area contributed by atoms with Crippen LogP contribution >= 0.6 is 113 Å². The minimum absolute atomic E-state index is 0.0569. The van der Waals surface area contributed by atoms with Crippen LogP contribution in [-0.2, 0) is 22.4 Å². The van der Waals surface area contributed by atoms with Crippen molar-refractivity contribution in [2.45, 2.75) is 31.8 Å². The van der Waals surface area contributed by atoms with Crippen LogP contribution < -0.4 is 20.9 Å². The van der Waals surface area contributed by atoms with Gasteiger partial charge in [0.2, 0.25) is 0 Å². The molecule has 48 heavy (non-hydrogen) atoms. The van der Waals surface area contributed by atoms with Crippen molar-refractivity contribution in [3.63, 3.8) is 0 Å². The first-order valence-electron chi connectivity index (χ1n) is 13.3. The van der Waals surface area contributed by atoms with E-state index in [9.17, 15) is 27.9 Å². The first-order valence-corrected chi connectivity index (χ1v) is 18.7. The summed E-state index contributed by atoms with van der Waals surface area (Å²) in [7, 11) is 0. The lowest BCUT2D eigenvalue weighted by Gasteiger charge is -2.14. The molecule has 0 spiro atoms. The number of aliphatic carboxylic acids is 2. The van der Waals surface area contributed by atoms with Gasteiger partial charge in [0.15, 0.2) is 23.1 Å². The molecule has 4 aromatic rings. The van der Waals surface area contributed by atoms with Gasteiger partial charge in [-0.2, -0.15) is 0 Å². The average molecular weight is 1230 g/mol. The van der Waals surface area contributed by atoms with Crippen LogP contribution in [0.25, 0.3) is 0 Å². The van der Waals surface area contributed by atoms with E-state index >= 15 is 0 Å². The molecule has 4 aromatic carbocycles. The number of rotatable bonds is 10. The van der Waals surface area contributed by atoms with Crippen LogP contribution in [0.4, 0.5) is 13.2 Å². The zero-order chi connectivity index (χ0) is 36.0. The number of benzene rings is 4. The Labute approximate surface area is 341 Å². The number of hydrogen-bond acceptors (Lipinski definition) is 7. The van der Waals surface area contributed by atoms with E-state index in [1.165, 1.54) is 13.0 Å². The quantitative estimate of drug-likeness (QED) is 0.0983. The summed E-state index contributed by atoms with van der Waals surface area (Å²) in [5.74, 6) is -3.37. The highest BCUT2D eigenvalue weighted by atomic mass is 127. The van der Waals surface area contributed by atoms with Crippen molar-refractivity contribution >= 4 is 125 Å². The smallest absolute Gasteiger partial charge is 0.320 e. The Balaban J connectivity index is 0.000000260. The molecule has 4 rings (SSSR count). The van der Waals surface area contributed by atoms with Gasteiger partial charge < -0.3 is 36.3 Å². The van der Waals surface area contributed by atoms with Gasteiger partial charge >= 0.3 is 11.9 Å². The SMILES string of the molecule is Cc1c([18F])cc(Oc2c(I)cc(C[C@H](N)C(=O)O)cc2I)cc1[18F].N[C@@H](Cc1cc(I)c(Oc2cc([18F])c(O)c(I)c2)c(I)c1)C(=O)O. The van der Waals surface area contributed by atoms with Gasteiger partial charge in [0.1, 0.15) is 35.2 Å². The number of phenols is 1. The molecule has 256 valence electrons. The van der Waals surface area contributed by atoms with E-state index < -0.39 is 47.2 Å². The van der Waals surface area contributed by atoms with E-state index in [0.717, 1.165) is 36.5 Å². The van der Waals surface area contributed by atoms with Crippen LogP contribution in [0.1, 0.15) is 16.7 Å². The lowest BCUT2D eigenvalue weighted by atomic mass is 10.1. The molecule has 0 aromatic heterocycles. The maximum absolute atomic E-state index is 13.6. The van der Waals surface area contributed by atoms with Crippen LogP contribution in [0.15, 0.2) is 48.5 Å². The molecule has 0 aliphatic carbocycles. The maximum atomic E-state index is 13.6. The fraction of sp³-hybridized carbons (Fsp3) is 0.161. The number of hydrogen-bond donors (Lipinski definition) is 5. The predicted octanol–water partition coefficient (Wildman–Crippen LogP) is 8.32. The summed E-state index contributed by atoms with van der Waals surface area (Å²) in [6.07, 6.45) is 0.378. The molecule has 0 amide bonds. The summed E-state index contributed by atoms with van der Waals surface area (Å²) in [6.45, 7) is 1.35. The van der Waals surface area contributed by atoms with Crippen LogP contribution in [0.2, 0.25) is 0 Å². The highest BCUT2D eigenvalue weighted by Crippen LogP contribution is 2.37. The van der Waals surface area contributed by atoms with Gasteiger partial charge in [-0.25, -0.2) is 13.2 Å². The van der Waals surface area contributed by atoms with E-state index in [1.807, 2.05) is 67.8 Å². The van der Waals surface area contributed by atoms with Gasteiger partial charge in [0, 0.05) is 23.8 Å². The van der Waals surface area contributed by atoms with Crippen LogP contribution in [-0.4, -0.2) is 39.3 Å². The molecule has 0 heterocycles. The van der Waals surface area contributed by atoms with E-state index in [4.69, 9.17) is 31.2 Å². The third-order valence-corrected chi connectivity index (χ3v) is 10.4. The molecular weight excluding hydrogens is 1200 g/mol. The van der Waals surface area contributed by atoms with Gasteiger partial charge in [-0.05, 0) is 174 Å². The zero-order valence-electron chi connectivity index (χ0n) is 24.3. The molecule has 0 saturated heterocycles. The number of carboxylic acid groups (broad SMARTS) is 2. The zero-order valence-corrected chi connectivity index (χ0v) is 35.1. The van der Waals surface area contributed by atoms with Gasteiger partial charge in [0.05, 0.1) is 17.9 Å². The normalized spacial score (nSPS) is 12.1. The van der Waals surface area contributed by atoms with Crippen molar-refractivity contribution < 1.29 is 47.6 Å². The monoisotopic (exact) mass is 1220 g/mol. The summed E-state index contributed by atoms with van der Waals surface area (Å²) in [6, 6.07) is 9.95. The van der Waals surface area contributed by atoms with Crippen LogP contribution in [0.5, 0.6) is 28.7 Å². The van der Waals surface area contributed by atoms with Gasteiger partial charge in [-0.1, -0.05) is 0 Å². The van der Waals surface area contributed by atoms with E-state index in [1.54, 1.807) is 24.3 Å². The molecular formula is C31H24F3I5N2O7. The molecule has 0 aliphatic heterocycles. The first-order chi connectivity index (χ1) is 22.4. The van der Waals surface area contributed by atoms with Crippen molar-refractivity contribution in [1.29, 1.82) is 0 Å². The molecule has 9 nitrogen and oxygen atoms in total. The lowest BCUT2D eigenvalue weighted by molar-refractivity contribution is -0.139. The second-order valence-electron chi connectivity index (χ2n) is 10.0. The number of carboxylic acids is 2. The second-order valence-corrected chi connectivity index (χ2v) is 15.8. The Kier molecular flexibility index (Phi) is 15.5. The molecule has 0 unspecified atom stereocenters. The van der Waals surface area contributed by atoms with Gasteiger partial charge in [-0.3, -0.25) is 9.59 Å². The van der Waals surface area contributed by atoms with Crippen LogP contribution in [0.3, 0.4) is 0 Å². The van der Waals surface area contributed by atoms with Crippen molar-refractivity contribution in [1.82, 2.24) is 0 Å². The lowest BCUT2D eigenvalue weighted by Crippen LogP contribution is -2.32. The number of halogens is 8. The fourth-order valence-corrected chi connectivity index (χ4v) is 8.65. The Hall–Kier alpha value is -1.42. The highest BCUT2D eigenvalue weighted by Gasteiger charge is 2.19. The Morgan fingerprint density at radius 2 is 0.979 bits per heavy atom. The summed E-state index contributed by atoms with van der Waals surface area (Å²) in [5.41, 5.74) is 12.5. The number of carbonyl (C=O) groups is 2. The van der Waals surface area contributed by atoms with Crippen molar-refractivity contribution in [3.8, 4) is 28.7 Å². The fourth-order valence-electron chi connectivity index (χ4n) is 3.86. The molecule has 0 bridgehead atoms. The Bertz CT molecular complexity index is 1640. The van der Waals surface area contributed by atoms with Gasteiger partial charge in [-0.15, -0.1) is 0 Å². The standard InChI is InChI=1S/C16H13F2I2NO3.C15H11FI3NO4/c1-7-10(17)5-9(6-11(7)18)24-15-12(19)2-8(3-13(15)20)4-14(21)16(22)23;16-8-4-7(5-9(17)13(8)21)24-14-10(18)1-6(2-11(14)19)3-12(20)15(22)23/h2-3,5-6,14H,4,21H2,1H3,(H,22,23);1-2,4-5,12,21H,3,20H2,(H,22,23)/t14-;12-/m00/s1/i17-1,18-1;16-1. The number of phenolic OH excluding ortho intramolecular Hbond substituents is 1. The summed E-state index contributed by atoms with van der Waals surface area (Å²) in [5, 5.41) is 27.2. The first kappa shape index (κ1) is 41.0. The largest absolute Gasteiger partial charge is 0.504 e. The number of ether oxygens (including phenoxy) is 2. The van der Waals surface area contributed by atoms with E-state index in [-0.39, 0.29) is 29.9 Å². The summed E-state index contributed by atoms with van der Waals surface area (Å²) < 4.78 is 55.5. The minimum atomic E-state index is -1.08. The average Bonchev–Trinajstić information content (AvgIpc) is 2.98. The number of aromatic hydroxyl groups is 1. The molecule has 0 aliphatic rings. The third-order valence-electron chi connectivity index (χ3n) is 6.35. The molecule has 17 heteroatoms. The topological polar surface area (TPSA) is 165 Å². The van der Waals surface area contributed by atoms with Crippen LogP contribution in [0, 0.1) is 42.2 Å². The maximum Gasteiger partial charge on any atom is 0.320 e.